The van der Waals surface area contributed by atoms with Gasteiger partial charge in [-0.3, -0.25) is 0 Å². The molecule has 0 aliphatic heterocycles. The molecule has 0 saturated heterocycles. The molecule has 3 aromatic rings. The Morgan fingerprint density at radius 1 is 1.15 bits per heavy atom. The second-order valence-corrected chi connectivity index (χ2v) is 5.41. The Morgan fingerprint density at radius 3 is 2.70 bits per heavy atom. The number of nitrogens with zero attached hydrogens (tertiary/aromatic N) is 2. The zero-order valence-corrected chi connectivity index (χ0v) is 12.3. The molecule has 5 heteroatoms. The third-order valence-corrected chi connectivity index (χ3v) is 3.91. The molecule has 0 atom stereocenters. The predicted octanol–water partition coefficient (Wildman–Crippen LogP) is 4.43. The quantitative estimate of drug-likeness (QED) is 0.633. The van der Waals surface area contributed by atoms with Crippen LogP contribution >= 0.6 is 15.9 Å². The number of hydrogen-bond donors (Lipinski definition) is 0. The van der Waals surface area contributed by atoms with E-state index in [-0.39, 0.29) is 16.6 Å². The smallest absolute Gasteiger partial charge is 0.145 e. The second-order valence-electron chi connectivity index (χ2n) is 4.56. The number of aromatic nitrogens is 2. The SMILES string of the molecule is Cc1nc2ccccc2n1Cc1c(F)ccc(Br)c1F. The summed E-state index contributed by atoms with van der Waals surface area (Å²) in [5, 5.41) is 0. The molecule has 1 heterocycles. The van der Waals surface area contributed by atoms with Gasteiger partial charge in [-0.1, -0.05) is 12.1 Å². The van der Waals surface area contributed by atoms with Crippen LogP contribution < -0.4 is 0 Å². The number of rotatable bonds is 2. The van der Waals surface area contributed by atoms with Gasteiger partial charge in [0.15, 0.2) is 0 Å². The summed E-state index contributed by atoms with van der Waals surface area (Å²) in [5.74, 6) is -0.393. The monoisotopic (exact) mass is 336 g/mol. The molecular formula is C15H11BrF2N2. The highest BCUT2D eigenvalue weighted by atomic mass is 79.9. The molecule has 1 aromatic heterocycles. The molecule has 0 fully saturated rings. The molecule has 20 heavy (non-hydrogen) atoms. The summed E-state index contributed by atoms with van der Waals surface area (Å²) in [5.41, 5.74) is 1.72. The lowest BCUT2D eigenvalue weighted by molar-refractivity contribution is 0.541. The zero-order chi connectivity index (χ0) is 14.3. The molecular weight excluding hydrogens is 326 g/mol. The lowest BCUT2D eigenvalue weighted by Crippen LogP contribution is -2.06. The van der Waals surface area contributed by atoms with Crippen LogP contribution in [-0.4, -0.2) is 9.55 Å². The van der Waals surface area contributed by atoms with Crippen LogP contribution in [-0.2, 0) is 6.54 Å². The van der Waals surface area contributed by atoms with Crippen molar-refractivity contribution in [2.24, 2.45) is 0 Å². The van der Waals surface area contributed by atoms with Crippen molar-refractivity contribution in [3.8, 4) is 0 Å². The minimum atomic E-state index is -0.567. The summed E-state index contributed by atoms with van der Waals surface area (Å²) in [6.45, 7) is 1.94. The van der Waals surface area contributed by atoms with E-state index < -0.39 is 11.6 Å². The molecule has 0 saturated carbocycles. The number of halogens is 3. The highest BCUT2D eigenvalue weighted by molar-refractivity contribution is 9.10. The fourth-order valence-electron chi connectivity index (χ4n) is 2.27. The first-order valence-corrected chi connectivity index (χ1v) is 6.91. The first kappa shape index (κ1) is 13.2. The van der Waals surface area contributed by atoms with Gasteiger partial charge < -0.3 is 4.57 Å². The van der Waals surface area contributed by atoms with E-state index in [4.69, 9.17) is 0 Å². The van der Waals surface area contributed by atoms with Crippen molar-refractivity contribution in [3.63, 3.8) is 0 Å². The van der Waals surface area contributed by atoms with E-state index >= 15 is 0 Å². The molecule has 0 bridgehead atoms. The summed E-state index contributed by atoms with van der Waals surface area (Å²) in [4.78, 5) is 4.40. The Bertz CT molecular complexity index is 796. The van der Waals surface area contributed by atoms with Crippen LogP contribution in [0.5, 0.6) is 0 Å². The number of aryl methyl sites for hydroxylation is 1. The maximum absolute atomic E-state index is 14.1. The number of hydrogen-bond acceptors (Lipinski definition) is 1. The lowest BCUT2D eigenvalue weighted by Gasteiger charge is -2.10. The van der Waals surface area contributed by atoms with E-state index in [0.717, 1.165) is 16.9 Å². The van der Waals surface area contributed by atoms with E-state index in [0.29, 0.717) is 0 Å². The number of fused-ring (bicyclic) bond motifs is 1. The largest absolute Gasteiger partial charge is 0.323 e. The van der Waals surface area contributed by atoms with E-state index in [1.54, 1.807) is 0 Å². The first-order chi connectivity index (χ1) is 9.58. The summed E-state index contributed by atoms with van der Waals surface area (Å²) in [6, 6.07) is 10.2. The van der Waals surface area contributed by atoms with Gasteiger partial charge in [-0.2, -0.15) is 0 Å². The van der Waals surface area contributed by atoms with Gasteiger partial charge in [0.2, 0.25) is 0 Å². The zero-order valence-electron chi connectivity index (χ0n) is 10.7. The van der Waals surface area contributed by atoms with Crippen LogP contribution in [0.25, 0.3) is 11.0 Å². The van der Waals surface area contributed by atoms with Crippen molar-refractivity contribution in [2.75, 3.05) is 0 Å². The third-order valence-electron chi connectivity index (χ3n) is 3.30. The molecule has 102 valence electrons. The Morgan fingerprint density at radius 2 is 1.90 bits per heavy atom. The molecule has 0 amide bonds. The van der Waals surface area contributed by atoms with E-state index in [1.807, 2.05) is 35.8 Å². The standard InChI is InChI=1S/C15H11BrF2N2/c1-9-19-13-4-2-3-5-14(13)20(9)8-10-12(17)7-6-11(16)15(10)18/h2-7H,8H2,1H3. The van der Waals surface area contributed by atoms with Crippen LogP contribution in [0, 0.1) is 18.6 Å². The Hall–Kier alpha value is -1.75. The Balaban J connectivity index is 2.15. The lowest BCUT2D eigenvalue weighted by atomic mass is 10.2. The maximum Gasteiger partial charge on any atom is 0.145 e. The third kappa shape index (κ3) is 2.12. The summed E-state index contributed by atoms with van der Waals surface area (Å²) < 4.78 is 30.0. The predicted molar refractivity (Wildman–Crippen MR) is 77.6 cm³/mol. The van der Waals surface area contributed by atoms with Crippen molar-refractivity contribution in [1.29, 1.82) is 0 Å². The highest BCUT2D eigenvalue weighted by Gasteiger charge is 2.15. The molecule has 0 aliphatic rings. The molecule has 3 rings (SSSR count). The van der Waals surface area contributed by atoms with Crippen molar-refractivity contribution >= 4 is 27.0 Å². The van der Waals surface area contributed by atoms with Crippen molar-refractivity contribution in [3.05, 3.63) is 63.9 Å². The van der Waals surface area contributed by atoms with Crippen LogP contribution in [0.3, 0.4) is 0 Å². The van der Waals surface area contributed by atoms with Gasteiger partial charge in [-0.15, -0.1) is 0 Å². The molecule has 0 N–H and O–H groups in total. The molecule has 2 nitrogen and oxygen atoms in total. The second kappa shape index (κ2) is 4.98. The van der Waals surface area contributed by atoms with E-state index in [1.165, 1.54) is 12.1 Å². The van der Waals surface area contributed by atoms with E-state index in [2.05, 4.69) is 20.9 Å². The topological polar surface area (TPSA) is 17.8 Å². The molecule has 0 aliphatic carbocycles. The fourth-order valence-corrected chi connectivity index (χ4v) is 2.64. The Kier molecular flexibility index (Phi) is 3.30. The maximum atomic E-state index is 14.1. The summed E-state index contributed by atoms with van der Waals surface area (Å²) in [7, 11) is 0. The van der Waals surface area contributed by atoms with Gasteiger partial charge in [-0.05, 0) is 47.1 Å². The fraction of sp³-hybridized carbons (Fsp3) is 0.133. The molecule has 2 aromatic carbocycles. The van der Waals surface area contributed by atoms with Crippen LogP contribution in [0.2, 0.25) is 0 Å². The average molecular weight is 337 g/mol. The summed E-state index contributed by atoms with van der Waals surface area (Å²) >= 11 is 3.09. The van der Waals surface area contributed by atoms with Crippen molar-refractivity contribution < 1.29 is 8.78 Å². The van der Waals surface area contributed by atoms with Crippen LogP contribution in [0.4, 0.5) is 8.78 Å². The van der Waals surface area contributed by atoms with Gasteiger partial charge in [0.1, 0.15) is 17.5 Å². The van der Waals surface area contributed by atoms with Gasteiger partial charge in [0.05, 0.1) is 22.1 Å². The highest BCUT2D eigenvalue weighted by Crippen LogP contribution is 2.24. The van der Waals surface area contributed by atoms with Gasteiger partial charge in [0.25, 0.3) is 0 Å². The average Bonchev–Trinajstić information content (AvgIpc) is 2.75. The van der Waals surface area contributed by atoms with Crippen molar-refractivity contribution in [2.45, 2.75) is 13.5 Å². The number of para-hydroxylation sites is 2. The minimum absolute atomic E-state index is 0.0330. The van der Waals surface area contributed by atoms with Crippen LogP contribution in [0.15, 0.2) is 40.9 Å². The number of imidazole rings is 1. The van der Waals surface area contributed by atoms with E-state index in [9.17, 15) is 8.78 Å². The normalized spacial score (nSPS) is 11.2. The van der Waals surface area contributed by atoms with Gasteiger partial charge in [-0.25, -0.2) is 13.8 Å². The van der Waals surface area contributed by atoms with Gasteiger partial charge in [0, 0.05) is 5.56 Å². The number of benzene rings is 2. The minimum Gasteiger partial charge on any atom is -0.323 e. The van der Waals surface area contributed by atoms with Crippen LogP contribution in [0.1, 0.15) is 11.4 Å². The molecule has 0 unspecified atom stereocenters. The van der Waals surface area contributed by atoms with Gasteiger partial charge >= 0.3 is 0 Å². The first-order valence-electron chi connectivity index (χ1n) is 6.12. The summed E-state index contributed by atoms with van der Waals surface area (Å²) in [6.07, 6.45) is 0. The molecule has 0 spiro atoms. The molecule has 0 radical (unpaired) electrons. The Labute approximate surface area is 123 Å². The van der Waals surface area contributed by atoms with Crippen molar-refractivity contribution in [1.82, 2.24) is 9.55 Å².